The topological polar surface area (TPSA) is 51.2 Å². The van der Waals surface area contributed by atoms with E-state index in [2.05, 4.69) is 15.9 Å². The summed E-state index contributed by atoms with van der Waals surface area (Å²) in [5, 5.41) is 0. The zero-order chi connectivity index (χ0) is 13.3. The van der Waals surface area contributed by atoms with E-state index in [1.54, 1.807) is 6.08 Å². The largest absolute Gasteiger partial charge is 0.304 e. The number of carbonyl (C=O) groups is 3. The molecule has 0 aromatic carbocycles. The van der Waals surface area contributed by atoms with Crippen LogP contribution in [0.1, 0.15) is 34.6 Å². The smallest absolute Gasteiger partial charge is 0.152 e. The number of Topliss-reactive ketones (excluding diaryl/α,β-unsaturated/α-hetero) is 1. The summed E-state index contributed by atoms with van der Waals surface area (Å²) in [4.78, 5) is 28.2. The molecule has 4 heteroatoms. The molecule has 0 heterocycles. The first-order valence-corrected chi connectivity index (χ1v) is 5.88. The van der Waals surface area contributed by atoms with Crippen molar-refractivity contribution in [2.24, 2.45) is 0 Å². The van der Waals surface area contributed by atoms with E-state index in [1.807, 2.05) is 12.8 Å². The molecular formula is C11H21BrO3. The fraction of sp³-hybridized carbons (Fsp3) is 0.545. The monoisotopic (exact) mass is 280 g/mol. The molecule has 0 aliphatic rings. The van der Waals surface area contributed by atoms with Gasteiger partial charge in [0.05, 0.1) is 0 Å². The highest BCUT2D eigenvalue weighted by atomic mass is 79.9. The molecule has 0 atom stereocenters. The van der Waals surface area contributed by atoms with Gasteiger partial charge in [0.25, 0.3) is 0 Å². The van der Waals surface area contributed by atoms with E-state index in [1.165, 1.54) is 33.8 Å². The van der Waals surface area contributed by atoms with Crippen molar-refractivity contribution in [2.75, 3.05) is 5.83 Å². The van der Waals surface area contributed by atoms with Crippen molar-refractivity contribution < 1.29 is 14.4 Å². The van der Waals surface area contributed by atoms with Gasteiger partial charge in [-0.2, -0.15) is 0 Å². The molecular weight excluding hydrogens is 260 g/mol. The van der Waals surface area contributed by atoms with Gasteiger partial charge >= 0.3 is 0 Å². The second-order valence-corrected chi connectivity index (χ2v) is 2.25. The summed E-state index contributed by atoms with van der Waals surface area (Å²) >= 11 is 2.94. The summed E-state index contributed by atoms with van der Waals surface area (Å²) in [5.41, 5.74) is 0. The Kier molecular flexibility index (Phi) is 46.4. The van der Waals surface area contributed by atoms with E-state index in [0.717, 1.165) is 6.29 Å². The second kappa shape index (κ2) is 29.2. The SMILES string of the molecule is C/C=C/C(C)=O.CBr.CC(C)=O.CC=O. The number of halogens is 1. The number of aldehydes is 1. The number of hydrogen-bond acceptors (Lipinski definition) is 3. The molecule has 0 fully saturated rings. The predicted octanol–water partition coefficient (Wildman–Crippen LogP) is 2.96. The molecule has 0 saturated carbocycles. The van der Waals surface area contributed by atoms with Crippen LogP contribution in [-0.2, 0) is 14.4 Å². The first-order chi connectivity index (χ1) is 6.92. The lowest BCUT2D eigenvalue weighted by Crippen LogP contribution is -1.76. The minimum Gasteiger partial charge on any atom is -0.304 e. The fourth-order valence-corrected chi connectivity index (χ4v) is 0.235. The minimum atomic E-state index is 0.109. The zero-order valence-electron chi connectivity index (χ0n) is 10.3. The van der Waals surface area contributed by atoms with Crippen molar-refractivity contribution in [1.82, 2.24) is 0 Å². The number of allylic oxidation sites excluding steroid dienone is 2. The fourth-order valence-electron chi connectivity index (χ4n) is 0.235. The Morgan fingerprint density at radius 1 is 1.00 bits per heavy atom. The first-order valence-electron chi connectivity index (χ1n) is 4.30. The zero-order valence-corrected chi connectivity index (χ0v) is 11.9. The Hall–Kier alpha value is -0.770. The Morgan fingerprint density at radius 3 is 1.20 bits per heavy atom. The lowest BCUT2D eigenvalue weighted by Gasteiger charge is -1.68. The number of carbonyl (C=O) groups excluding carboxylic acids is 3. The van der Waals surface area contributed by atoms with Crippen LogP contribution >= 0.6 is 15.9 Å². The first kappa shape index (κ1) is 23.8. The van der Waals surface area contributed by atoms with Gasteiger partial charge in [-0.15, -0.1) is 0 Å². The van der Waals surface area contributed by atoms with Gasteiger partial charge in [0, 0.05) is 0 Å². The number of rotatable bonds is 1. The quantitative estimate of drug-likeness (QED) is 0.422. The van der Waals surface area contributed by atoms with E-state index in [4.69, 9.17) is 4.79 Å². The van der Waals surface area contributed by atoms with E-state index in [0.29, 0.717) is 0 Å². The standard InChI is InChI=1S/C5H8O.C3H6O.C2H4O.CH3Br/c1-3-4-5(2)6;1-3(2)4;1-2-3;1-2/h3-4H,1-2H3;1-2H3;2H,1H3;1H3/b4-3+;;;. The van der Waals surface area contributed by atoms with Crippen molar-refractivity contribution in [3.8, 4) is 0 Å². The van der Waals surface area contributed by atoms with Crippen LogP contribution in [0.25, 0.3) is 0 Å². The molecule has 0 aliphatic heterocycles. The average Bonchev–Trinajstić information content (AvgIpc) is 2.07. The third kappa shape index (κ3) is 336. The van der Waals surface area contributed by atoms with Crippen LogP contribution < -0.4 is 0 Å². The van der Waals surface area contributed by atoms with Crippen LogP contribution in [0.3, 0.4) is 0 Å². The average molecular weight is 281 g/mol. The highest BCUT2D eigenvalue weighted by Gasteiger charge is 1.73. The molecule has 0 aliphatic carbocycles. The van der Waals surface area contributed by atoms with E-state index in [9.17, 15) is 9.59 Å². The summed E-state index contributed by atoms with van der Waals surface area (Å²) in [5.74, 6) is 2.09. The van der Waals surface area contributed by atoms with Crippen molar-refractivity contribution in [1.29, 1.82) is 0 Å². The molecule has 0 aromatic heterocycles. The van der Waals surface area contributed by atoms with Crippen LogP contribution in [0.5, 0.6) is 0 Å². The second-order valence-electron chi connectivity index (χ2n) is 2.25. The predicted molar refractivity (Wildman–Crippen MR) is 68.4 cm³/mol. The summed E-state index contributed by atoms with van der Waals surface area (Å²) in [7, 11) is 0. The van der Waals surface area contributed by atoms with Crippen molar-refractivity contribution in [3.05, 3.63) is 12.2 Å². The minimum absolute atomic E-state index is 0.109. The summed E-state index contributed by atoms with van der Waals surface area (Å²) in [6, 6.07) is 0. The maximum Gasteiger partial charge on any atom is 0.152 e. The Labute approximate surface area is 101 Å². The third-order valence-electron chi connectivity index (χ3n) is 0.401. The number of ketones is 2. The molecule has 90 valence electrons. The van der Waals surface area contributed by atoms with Crippen molar-refractivity contribution >= 4 is 33.8 Å². The third-order valence-corrected chi connectivity index (χ3v) is 0.401. The van der Waals surface area contributed by atoms with Crippen LogP contribution in [0.15, 0.2) is 12.2 Å². The van der Waals surface area contributed by atoms with E-state index < -0.39 is 0 Å². The van der Waals surface area contributed by atoms with Gasteiger partial charge in [0.2, 0.25) is 0 Å². The maximum atomic E-state index is 9.96. The molecule has 15 heavy (non-hydrogen) atoms. The highest BCUT2D eigenvalue weighted by molar-refractivity contribution is 9.08. The Morgan fingerprint density at radius 2 is 1.20 bits per heavy atom. The lowest BCUT2D eigenvalue weighted by molar-refractivity contribution is -0.115. The molecule has 3 nitrogen and oxygen atoms in total. The molecule has 0 amide bonds. The maximum absolute atomic E-state index is 9.96. The molecule has 0 unspecified atom stereocenters. The van der Waals surface area contributed by atoms with E-state index >= 15 is 0 Å². The van der Waals surface area contributed by atoms with Gasteiger partial charge in [-0.25, -0.2) is 0 Å². The number of hydrogen-bond donors (Lipinski definition) is 0. The molecule has 0 bridgehead atoms. The van der Waals surface area contributed by atoms with Gasteiger partial charge in [-0.1, -0.05) is 22.0 Å². The molecule has 0 aromatic rings. The van der Waals surface area contributed by atoms with Crippen LogP contribution in [0, 0.1) is 0 Å². The summed E-state index contributed by atoms with van der Waals surface area (Å²) in [6.45, 7) is 7.85. The molecule has 0 radical (unpaired) electrons. The van der Waals surface area contributed by atoms with Gasteiger partial charge in [-0.3, -0.25) is 4.79 Å². The van der Waals surface area contributed by atoms with Crippen molar-refractivity contribution in [3.63, 3.8) is 0 Å². The van der Waals surface area contributed by atoms with Gasteiger partial charge in [0.15, 0.2) is 5.78 Å². The van der Waals surface area contributed by atoms with Gasteiger partial charge in [0.1, 0.15) is 12.1 Å². The Balaban J connectivity index is -0.0000000590. The van der Waals surface area contributed by atoms with E-state index in [-0.39, 0.29) is 11.6 Å². The Bertz CT molecular complexity index is 171. The summed E-state index contributed by atoms with van der Waals surface area (Å²) in [6.07, 6.45) is 4.00. The van der Waals surface area contributed by atoms with Crippen LogP contribution in [0.2, 0.25) is 0 Å². The van der Waals surface area contributed by atoms with Gasteiger partial charge in [-0.05, 0) is 46.5 Å². The van der Waals surface area contributed by atoms with Gasteiger partial charge < -0.3 is 9.59 Å². The van der Waals surface area contributed by atoms with Crippen LogP contribution in [0.4, 0.5) is 0 Å². The lowest BCUT2D eigenvalue weighted by atomic mass is 10.4. The summed E-state index contributed by atoms with van der Waals surface area (Å²) < 4.78 is 0. The normalized spacial score (nSPS) is 6.87. The molecule has 0 rings (SSSR count). The molecule has 0 spiro atoms. The van der Waals surface area contributed by atoms with Crippen LogP contribution in [-0.4, -0.2) is 23.7 Å². The van der Waals surface area contributed by atoms with Crippen molar-refractivity contribution in [2.45, 2.75) is 34.6 Å². The molecule has 0 N–H and O–H groups in total. The molecule has 0 saturated heterocycles. The number of alkyl halides is 1. The highest BCUT2D eigenvalue weighted by Crippen LogP contribution is 1.69.